The van der Waals surface area contributed by atoms with E-state index in [1.54, 1.807) is 19.0 Å². The number of aromatic hydroxyl groups is 1. The zero-order valence-corrected chi connectivity index (χ0v) is 12.4. The van der Waals surface area contributed by atoms with Crippen LogP contribution in [0.4, 0.5) is 0 Å². The molecule has 0 aliphatic carbocycles. The third-order valence-corrected chi connectivity index (χ3v) is 3.38. The molecule has 0 saturated carbocycles. The third kappa shape index (κ3) is 2.47. The van der Waals surface area contributed by atoms with E-state index >= 15 is 0 Å². The van der Waals surface area contributed by atoms with Gasteiger partial charge in [-0.3, -0.25) is 9.36 Å². The minimum atomic E-state index is -0.523. The quantitative estimate of drug-likeness (QED) is 0.895. The van der Waals surface area contributed by atoms with Crippen LogP contribution in [0, 0.1) is 0 Å². The lowest BCUT2D eigenvalue weighted by Gasteiger charge is -2.15. The van der Waals surface area contributed by atoms with Crippen LogP contribution in [0.3, 0.4) is 0 Å². The van der Waals surface area contributed by atoms with Crippen LogP contribution in [-0.4, -0.2) is 38.8 Å². The Hall–Kier alpha value is -1.34. The van der Waals surface area contributed by atoms with E-state index in [0.29, 0.717) is 12.4 Å². The van der Waals surface area contributed by atoms with E-state index in [1.165, 1.54) is 6.07 Å². The number of halogens is 2. The summed E-state index contributed by atoms with van der Waals surface area (Å²) in [6, 6.07) is 1.27. The Morgan fingerprint density at radius 3 is 2.55 bits per heavy atom. The number of hydrogen-bond donors (Lipinski definition) is 2. The van der Waals surface area contributed by atoms with Crippen molar-refractivity contribution in [1.29, 1.82) is 0 Å². The number of aromatic nitrogens is 2. The van der Waals surface area contributed by atoms with Gasteiger partial charge in [0.05, 0.1) is 22.0 Å². The van der Waals surface area contributed by atoms with Crippen LogP contribution in [-0.2, 0) is 13.3 Å². The van der Waals surface area contributed by atoms with E-state index in [4.69, 9.17) is 23.2 Å². The largest absolute Gasteiger partial charge is 0.504 e. The first-order valence-electron chi connectivity index (χ1n) is 5.72. The fraction of sp³-hybridized carbons (Fsp3) is 0.333. The smallest absolute Gasteiger partial charge is 0.264 e. The van der Waals surface area contributed by atoms with Gasteiger partial charge in [-0.15, -0.1) is 0 Å². The van der Waals surface area contributed by atoms with Crippen LogP contribution in [0.1, 0.15) is 5.82 Å². The van der Waals surface area contributed by atoms with E-state index in [0.717, 1.165) is 4.57 Å². The highest BCUT2D eigenvalue weighted by Crippen LogP contribution is 2.34. The van der Waals surface area contributed by atoms with Crippen molar-refractivity contribution >= 4 is 34.1 Å². The third-order valence-electron chi connectivity index (χ3n) is 2.79. The van der Waals surface area contributed by atoms with Gasteiger partial charge in [-0.25, -0.2) is 4.98 Å². The highest BCUT2D eigenvalue weighted by molar-refractivity contribution is 6.39. The molecule has 2 rings (SSSR count). The number of fused-ring (bicyclic) bond motifs is 1. The van der Waals surface area contributed by atoms with Gasteiger partial charge in [0.2, 0.25) is 0 Å². The van der Waals surface area contributed by atoms with E-state index in [1.807, 2.05) is 0 Å². The second-order valence-electron chi connectivity index (χ2n) is 4.55. The average Bonchev–Trinajstić information content (AvgIpc) is 2.35. The predicted octanol–water partition coefficient (Wildman–Crippen LogP) is 1.42. The van der Waals surface area contributed by atoms with Crippen molar-refractivity contribution in [2.45, 2.75) is 13.3 Å². The van der Waals surface area contributed by atoms with E-state index in [2.05, 4.69) is 4.98 Å². The number of benzene rings is 1. The molecule has 8 heteroatoms. The Morgan fingerprint density at radius 1 is 1.35 bits per heavy atom. The molecular weight excluding hydrogens is 305 g/mol. The van der Waals surface area contributed by atoms with Gasteiger partial charge in [0.15, 0.2) is 5.75 Å². The summed E-state index contributed by atoms with van der Waals surface area (Å²) in [5.74, 6) is 0.0110. The number of rotatable bonds is 3. The Kier molecular flexibility index (Phi) is 4.19. The molecule has 0 fully saturated rings. The van der Waals surface area contributed by atoms with Crippen LogP contribution in [0.2, 0.25) is 10.0 Å². The molecule has 0 aliphatic rings. The molecule has 0 amide bonds. The number of phenols is 1. The molecule has 0 unspecified atom stereocenters. The first-order valence-corrected chi connectivity index (χ1v) is 6.48. The van der Waals surface area contributed by atoms with Gasteiger partial charge in [0, 0.05) is 0 Å². The van der Waals surface area contributed by atoms with E-state index in [-0.39, 0.29) is 26.7 Å². The minimum absolute atomic E-state index is 0.0203. The van der Waals surface area contributed by atoms with Crippen molar-refractivity contribution in [2.75, 3.05) is 14.1 Å². The summed E-state index contributed by atoms with van der Waals surface area (Å²) in [7, 11) is 3.59. The maximum Gasteiger partial charge on any atom is 0.264 e. The number of aliphatic hydroxyl groups excluding tert-OH is 1. The van der Waals surface area contributed by atoms with Crippen molar-refractivity contribution < 1.29 is 10.2 Å². The normalized spacial score (nSPS) is 11.5. The molecule has 0 spiro atoms. The number of aliphatic hydroxyl groups is 1. The van der Waals surface area contributed by atoms with Crippen LogP contribution in [0.25, 0.3) is 10.9 Å². The molecule has 1 heterocycles. The van der Waals surface area contributed by atoms with Gasteiger partial charge < -0.3 is 15.1 Å². The first-order chi connectivity index (χ1) is 9.36. The Bertz CT molecular complexity index is 728. The fourth-order valence-electron chi connectivity index (χ4n) is 1.90. The summed E-state index contributed by atoms with van der Waals surface area (Å²) < 4.78 is 1.10. The van der Waals surface area contributed by atoms with Gasteiger partial charge in [-0.1, -0.05) is 23.2 Å². The van der Waals surface area contributed by atoms with Crippen molar-refractivity contribution in [3.63, 3.8) is 0 Å². The zero-order valence-electron chi connectivity index (χ0n) is 10.9. The van der Waals surface area contributed by atoms with Gasteiger partial charge in [-0.05, 0) is 20.2 Å². The second-order valence-corrected chi connectivity index (χ2v) is 5.37. The summed E-state index contributed by atoms with van der Waals surface area (Å²) in [6.45, 7) is -0.208. The molecule has 2 N–H and O–H groups in total. The zero-order chi connectivity index (χ0) is 15.0. The number of hydrogen-bond acceptors (Lipinski definition) is 5. The molecule has 1 aromatic carbocycles. The summed E-state index contributed by atoms with van der Waals surface area (Å²) in [6.07, 6.45) is 0. The molecular formula is C12H13Cl2N3O3. The van der Waals surface area contributed by atoms with Crippen molar-refractivity contribution in [2.24, 2.45) is 0 Å². The molecule has 0 saturated heterocycles. The van der Waals surface area contributed by atoms with Gasteiger partial charge in [0.1, 0.15) is 18.1 Å². The lowest BCUT2D eigenvalue weighted by Crippen LogP contribution is -2.28. The molecule has 108 valence electrons. The van der Waals surface area contributed by atoms with Gasteiger partial charge in [-0.2, -0.15) is 0 Å². The number of nitrogens with zero attached hydrogens (tertiary/aromatic N) is 3. The highest BCUT2D eigenvalue weighted by atomic mass is 35.5. The lowest BCUT2D eigenvalue weighted by molar-refractivity contribution is 0.196. The topological polar surface area (TPSA) is 78.6 Å². The van der Waals surface area contributed by atoms with Crippen molar-refractivity contribution in [3.05, 3.63) is 32.3 Å². The van der Waals surface area contributed by atoms with Crippen LogP contribution >= 0.6 is 23.2 Å². The summed E-state index contributed by atoms with van der Waals surface area (Å²) in [4.78, 5) is 18.3. The van der Waals surface area contributed by atoms with Gasteiger partial charge in [0.25, 0.3) is 5.56 Å². The fourth-order valence-corrected chi connectivity index (χ4v) is 2.43. The van der Waals surface area contributed by atoms with E-state index < -0.39 is 12.3 Å². The van der Waals surface area contributed by atoms with Crippen LogP contribution < -0.4 is 5.56 Å². The minimum Gasteiger partial charge on any atom is -0.504 e. The molecule has 20 heavy (non-hydrogen) atoms. The molecule has 6 nitrogen and oxygen atoms in total. The highest BCUT2D eigenvalue weighted by Gasteiger charge is 2.18. The summed E-state index contributed by atoms with van der Waals surface area (Å²) in [5, 5.41) is 19.4. The maximum atomic E-state index is 12.4. The molecule has 1 aromatic heterocycles. The second kappa shape index (κ2) is 5.57. The standard InChI is InChI=1S/C12H13Cl2N3O3/c1-16(2)4-8-15-10-9(12(20)17(8)5-18)6(13)3-7(14)11(10)19/h3,18-19H,4-5H2,1-2H3. The molecule has 2 aromatic rings. The SMILES string of the molecule is CN(C)Cc1nc2c(O)c(Cl)cc(Cl)c2c(=O)n1CO. The maximum absolute atomic E-state index is 12.4. The molecule has 0 bridgehead atoms. The summed E-state index contributed by atoms with van der Waals surface area (Å²) in [5.41, 5.74) is -0.486. The Morgan fingerprint density at radius 2 is 2.00 bits per heavy atom. The van der Waals surface area contributed by atoms with Crippen molar-refractivity contribution in [3.8, 4) is 5.75 Å². The molecule has 0 aliphatic heterocycles. The average molecular weight is 318 g/mol. The Labute approximate surface area is 124 Å². The van der Waals surface area contributed by atoms with Crippen LogP contribution in [0.5, 0.6) is 5.75 Å². The summed E-state index contributed by atoms with van der Waals surface area (Å²) >= 11 is 11.8. The van der Waals surface area contributed by atoms with Crippen molar-refractivity contribution in [1.82, 2.24) is 14.5 Å². The number of phenolic OH excluding ortho intramolecular Hbond substituents is 1. The molecule has 0 radical (unpaired) electrons. The van der Waals surface area contributed by atoms with Crippen LogP contribution in [0.15, 0.2) is 10.9 Å². The predicted molar refractivity (Wildman–Crippen MR) is 77.3 cm³/mol. The monoisotopic (exact) mass is 317 g/mol. The van der Waals surface area contributed by atoms with E-state index in [9.17, 15) is 15.0 Å². The lowest BCUT2D eigenvalue weighted by atomic mass is 10.2. The first kappa shape index (κ1) is 15.1. The molecule has 0 atom stereocenters. The Balaban J connectivity index is 2.91. The van der Waals surface area contributed by atoms with Gasteiger partial charge >= 0.3 is 0 Å².